The van der Waals surface area contributed by atoms with Crippen molar-refractivity contribution in [2.45, 2.75) is 38.9 Å². The largest absolute Gasteiger partial charge is 0.379 e. The maximum atomic E-state index is 13.3. The maximum Gasteiger partial charge on any atom is 0.277 e. The van der Waals surface area contributed by atoms with Crippen molar-refractivity contribution in [2.75, 3.05) is 38.3 Å². The summed E-state index contributed by atoms with van der Waals surface area (Å²) >= 11 is 0. The SMILES string of the molecule is CC(=O)NCCOCCOCCn1cc(CNc2cccc3cnn(C4CCC(=O)NC4=O)c(=O)c23)nn1. The number of nitrogens with zero attached hydrogens (tertiary/aromatic N) is 5. The quantitative estimate of drug-likeness (QED) is 0.199. The first-order chi connectivity index (χ1) is 18.4. The molecule has 2 aromatic heterocycles. The number of hydrogen-bond acceptors (Lipinski definition) is 10. The summed E-state index contributed by atoms with van der Waals surface area (Å²) in [4.78, 5) is 47.8. The van der Waals surface area contributed by atoms with Gasteiger partial charge in [-0.15, -0.1) is 5.10 Å². The number of imide groups is 1. The molecular weight excluding hydrogens is 496 g/mol. The Hall–Kier alpha value is -4.17. The lowest BCUT2D eigenvalue weighted by molar-refractivity contribution is -0.136. The minimum absolute atomic E-state index is 0.0882. The number of aromatic nitrogens is 5. The summed E-state index contributed by atoms with van der Waals surface area (Å²) in [6.07, 6.45) is 3.69. The molecule has 38 heavy (non-hydrogen) atoms. The van der Waals surface area contributed by atoms with E-state index < -0.39 is 17.5 Å². The van der Waals surface area contributed by atoms with Crippen LogP contribution in [0.2, 0.25) is 0 Å². The molecule has 1 atom stereocenters. The van der Waals surface area contributed by atoms with Gasteiger partial charge in [0.15, 0.2) is 0 Å². The number of piperidine rings is 1. The second-order valence-electron chi connectivity index (χ2n) is 8.67. The monoisotopic (exact) mass is 526 g/mol. The zero-order chi connectivity index (χ0) is 26.9. The lowest BCUT2D eigenvalue weighted by atomic mass is 10.1. The molecule has 1 unspecified atom stereocenters. The molecule has 0 saturated carbocycles. The van der Waals surface area contributed by atoms with Crippen molar-refractivity contribution in [2.24, 2.45) is 0 Å². The molecule has 0 spiro atoms. The molecule has 3 N–H and O–H groups in total. The highest BCUT2D eigenvalue weighted by molar-refractivity contribution is 5.99. The predicted molar refractivity (Wildman–Crippen MR) is 135 cm³/mol. The molecule has 3 amide bonds. The molecule has 0 bridgehead atoms. The van der Waals surface area contributed by atoms with Gasteiger partial charge in [-0.05, 0) is 12.5 Å². The van der Waals surface area contributed by atoms with Crippen molar-refractivity contribution in [1.29, 1.82) is 0 Å². The van der Waals surface area contributed by atoms with Gasteiger partial charge >= 0.3 is 0 Å². The summed E-state index contributed by atoms with van der Waals surface area (Å²) < 4.78 is 13.7. The van der Waals surface area contributed by atoms with Crippen molar-refractivity contribution < 1.29 is 23.9 Å². The number of ether oxygens (including phenoxy) is 2. The minimum Gasteiger partial charge on any atom is -0.379 e. The average Bonchev–Trinajstić information content (AvgIpc) is 3.34. The standard InChI is InChI=1S/C24H30N8O6/c1-16(33)25-7-9-37-11-12-38-10-8-31-15-18(29-30-31)14-26-19-4-2-3-17-13-27-32(24(36)22(17)19)20-5-6-21(34)28-23(20)35/h2-4,13,15,20,26H,5-12,14H2,1H3,(H,25,33)(H,28,34,35). The summed E-state index contributed by atoms with van der Waals surface area (Å²) in [5.74, 6) is -0.975. The summed E-state index contributed by atoms with van der Waals surface area (Å²) in [7, 11) is 0. The van der Waals surface area contributed by atoms with E-state index in [1.165, 1.54) is 13.1 Å². The van der Waals surface area contributed by atoms with E-state index in [4.69, 9.17) is 9.47 Å². The fraction of sp³-hybridized carbons (Fsp3) is 0.458. The van der Waals surface area contributed by atoms with Gasteiger partial charge in [0.1, 0.15) is 11.7 Å². The van der Waals surface area contributed by atoms with E-state index in [1.807, 2.05) is 0 Å². The zero-order valence-electron chi connectivity index (χ0n) is 21.0. The molecule has 1 aliphatic rings. The Balaban J connectivity index is 1.30. The van der Waals surface area contributed by atoms with Gasteiger partial charge < -0.3 is 20.1 Å². The van der Waals surface area contributed by atoms with E-state index in [2.05, 4.69) is 31.4 Å². The first-order valence-corrected chi connectivity index (χ1v) is 12.3. The van der Waals surface area contributed by atoms with Crippen LogP contribution in [0.1, 0.15) is 31.5 Å². The van der Waals surface area contributed by atoms with Crippen LogP contribution < -0.4 is 21.5 Å². The average molecular weight is 527 g/mol. The first kappa shape index (κ1) is 26.9. The number of fused-ring (bicyclic) bond motifs is 1. The highest BCUT2D eigenvalue weighted by atomic mass is 16.5. The van der Waals surface area contributed by atoms with Crippen molar-refractivity contribution in [1.82, 2.24) is 35.4 Å². The Morgan fingerprint density at radius 3 is 2.76 bits per heavy atom. The molecule has 1 fully saturated rings. The molecule has 3 heterocycles. The summed E-state index contributed by atoms with van der Waals surface area (Å²) in [6, 6.07) is 4.51. The highest BCUT2D eigenvalue weighted by Gasteiger charge is 2.30. The van der Waals surface area contributed by atoms with Gasteiger partial charge in [0.25, 0.3) is 11.5 Å². The third-order valence-corrected chi connectivity index (χ3v) is 5.85. The van der Waals surface area contributed by atoms with E-state index in [-0.39, 0.29) is 24.7 Å². The van der Waals surface area contributed by atoms with E-state index in [0.29, 0.717) is 68.2 Å². The van der Waals surface area contributed by atoms with Crippen molar-refractivity contribution in [3.63, 3.8) is 0 Å². The Kier molecular flexibility index (Phi) is 9.11. The summed E-state index contributed by atoms with van der Waals surface area (Å²) in [6.45, 7) is 4.47. The molecule has 1 saturated heterocycles. The molecule has 1 aliphatic heterocycles. The van der Waals surface area contributed by atoms with Crippen LogP contribution in [0.3, 0.4) is 0 Å². The van der Waals surface area contributed by atoms with Gasteiger partial charge in [-0.2, -0.15) is 5.10 Å². The third kappa shape index (κ3) is 6.98. The summed E-state index contributed by atoms with van der Waals surface area (Å²) in [5, 5.41) is 21.6. The zero-order valence-corrected chi connectivity index (χ0v) is 21.0. The maximum absolute atomic E-state index is 13.3. The number of amides is 3. The van der Waals surface area contributed by atoms with Crippen LogP contribution >= 0.6 is 0 Å². The Morgan fingerprint density at radius 1 is 1.16 bits per heavy atom. The number of carbonyl (C=O) groups is 3. The number of anilines is 1. The Labute approximate surface area is 217 Å². The normalized spacial score (nSPS) is 15.4. The minimum atomic E-state index is -0.838. The van der Waals surface area contributed by atoms with Crippen LogP contribution in [0.4, 0.5) is 5.69 Å². The molecule has 14 heteroatoms. The molecule has 1 aromatic carbocycles. The van der Waals surface area contributed by atoms with Gasteiger partial charge in [-0.1, -0.05) is 17.3 Å². The van der Waals surface area contributed by atoms with Gasteiger partial charge in [0.2, 0.25) is 11.8 Å². The number of rotatable bonds is 13. The Bertz CT molecular complexity index is 1350. The van der Waals surface area contributed by atoms with Crippen LogP contribution in [0, 0.1) is 0 Å². The lowest BCUT2D eigenvalue weighted by Crippen LogP contribution is -2.45. The topological polar surface area (TPSA) is 171 Å². The van der Waals surface area contributed by atoms with E-state index in [1.54, 1.807) is 29.1 Å². The van der Waals surface area contributed by atoms with Gasteiger partial charge in [0.05, 0.1) is 57.3 Å². The lowest BCUT2D eigenvalue weighted by Gasteiger charge is -2.22. The van der Waals surface area contributed by atoms with Crippen LogP contribution in [0.25, 0.3) is 10.8 Å². The van der Waals surface area contributed by atoms with Crippen molar-refractivity contribution >= 4 is 34.2 Å². The Morgan fingerprint density at radius 2 is 1.97 bits per heavy atom. The third-order valence-electron chi connectivity index (χ3n) is 5.85. The van der Waals surface area contributed by atoms with Crippen LogP contribution in [0.5, 0.6) is 0 Å². The first-order valence-electron chi connectivity index (χ1n) is 12.3. The van der Waals surface area contributed by atoms with Crippen LogP contribution in [-0.2, 0) is 36.9 Å². The molecular formula is C24H30N8O6. The van der Waals surface area contributed by atoms with E-state index >= 15 is 0 Å². The fourth-order valence-electron chi connectivity index (χ4n) is 3.99. The van der Waals surface area contributed by atoms with Crippen LogP contribution in [0.15, 0.2) is 35.4 Å². The summed E-state index contributed by atoms with van der Waals surface area (Å²) in [5.41, 5.74) is 0.829. The van der Waals surface area contributed by atoms with E-state index in [9.17, 15) is 19.2 Å². The van der Waals surface area contributed by atoms with Crippen molar-refractivity contribution in [3.8, 4) is 0 Å². The molecule has 0 aliphatic carbocycles. The highest BCUT2D eigenvalue weighted by Crippen LogP contribution is 2.22. The second kappa shape index (κ2) is 12.9. The number of hydrogen-bond donors (Lipinski definition) is 3. The molecule has 0 radical (unpaired) electrons. The molecule has 202 valence electrons. The second-order valence-corrected chi connectivity index (χ2v) is 8.67. The number of carbonyl (C=O) groups excluding carboxylic acids is 3. The van der Waals surface area contributed by atoms with Gasteiger partial charge in [0, 0.05) is 31.0 Å². The molecule has 3 aromatic rings. The number of benzene rings is 1. The van der Waals surface area contributed by atoms with Crippen LogP contribution in [-0.4, -0.2) is 75.5 Å². The smallest absolute Gasteiger partial charge is 0.277 e. The van der Waals surface area contributed by atoms with Crippen molar-refractivity contribution in [3.05, 3.63) is 46.6 Å². The number of nitrogens with one attached hydrogen (secondary N) is 3. The predicted octanol–water partition coefficient (Wildman–Crippen LogP) is -0.253. The van der Waals surface area contributed by atoms with Gasteiger partial charge in [-0.3, -0.25) is 24.5 Å². The van der Waals surface area contributed by atoms with Gasteiger partial charge in [-0.25, -0.2) is 9.36 Å². The molecule has 14 nitrogen and oxygen atoms in total. The molecule has 4 rings (SSSR count). The van der Waals surface area contributed by atoms with E-state index in [0.717, 1.165) is 4.68 Å². The fourth-order valence-corrected chi connectivity index (χ4v) is 3.99.